The van der Waals surface area contributed by atoms with Gasteiger partial charge < -0.3 is 20.5 Å². The molecule has 0 saturated carbocycles. The van der Waals surface area contributed by atoms with Gasteiger partial charge in [-0.25, -0.2) is 4.98 Å². The first-order valence-electron chi connectivity index (χ1n) is 9.76. The van der Waals surface area contributed by atoms with Gasteiger partial charge in [0, 0.05) is 55.6 Å². The number of likely N-dealkylation sites (N-methyl/N-ethyl adjacent to an activating group) is 1. The van der Waals surface area contributed by atoms with Crippen LogP contribution in [-0.4, -0.2) is 58.0 Å². The molecule has 0 aliphatic carbocycles. The first-order valence-corrected chi connectivity index (χ1v) is 9.76. The molecule has 2 aromatic heterocycles. The predicted octanol–water partition coefficient (Wildman–Crippen LogP) is 3.02. The number of rotatable bonds is 3. The van der Waals surface area contributed by atoms with E-state index >= 15 is 0 Å². The van der Waals surface area contributed by atoms with Gasteiger partial charge in [-0.2, -0.15) is 0 Å². The number of nitrogens with two attached hydrogens (primary N) is 1. The molecule has 0 radical (unpaired) electrons. The monoisotopic (exact) mass is 403 g/mol. The van der Waals surface area contributed by atoms with Gasteiger partial charge in [-0.15, -0.1) is 0 Å². The number of piperazine rings is 1. The number of aromatic nitrogens is 3. The maximum absolute atomic E-state index is 11.1. The third-order valence-corrected chi connectivity index (χ3v) is 5.69. The van der Waals surface area contributed by atoms with Crippen molar-refractivity contribution in [3.63, 3.8) is 0 Å². The standard InChI is InChI=1S/C21H21N7O2/c1-26-6-8-27(9-7-26)13-2-5-18-19(11-13)25-21(24-18)16-12-23-17-4-3-14(28(29)30)10-15(17)20(16)22/h2-5,10-12H,6-9H2,1H3,(H2,22,23)(H,24,25). The van der Waals surface area contributed by atoms with E-state index in [1.54, 1.807) is 12.3 Å². The van der Waals surface area contributed by atoms with Crippen LogP contribution in [0.15, 0.2) is 42.6 Å². The molecule has 0 atom stereocenters. The van der Waals surface area contributed by atoms with Crippen LogP contribution in [0.5, 0.6) is 0 Å². The van der Waals surface area contributed by atoms with Crippen molar-refractivity contribution in [1.29, 1.82) is 0 Å². The summed E-state index contributed by atoms with van der Waals surface area (Å²) in [5.41, 5.74) is 10.9. The molecule has 1 fully saturated rings. The highest BCUT2D eigenvalue weighted by Crippen LogP contribution is 2.33. The molecule has 0 spiro atoms. The van der Waals surface area contributed by atoms with Crippen LogP contribution in [0.25, 0.3) is 33.3 Å². The molecule has 0 unspecified atom stereocenters. The zero-order chi connectivity index (χ0) is 20.8. The maximum atomic E-state index is 11.1. The van der Waals surface area contributed by atoms with Gasteiger partial charge in [0.05, 0.1) is 32.7 Å². The van der Waals surface area contributed by atoms with Crippen LogP contribution in [0.3, 0.4) is 0 Å². The fourth-order valence-corrected chi connectivity index (χ4v) is 3.89. The van der Waals surface area contributed by atoms with Crippen molar-refractivity contribution in [3.8, 4) is 11.4 Å². The van der Waals surface area contributed by atoms with E-state index < -0.39 is 4.92 Å². The maximum Gasteiger partial charge on any atom is 0.270 e. The molecule has 4 aromatic rings. The van der Waals surface area contributed by atoms with Crippen molar-refractivity contribution in [3.05, 3.63) is 52.7 Å². The molecular weight excluding hydrogens is 382 g/mol. The van der Waals surface area contributed by atoms with Crippen molar-refractivity contribution in [2.75, 3.05) is 43.9 Å². The molecule has 1 saturated heterocycles. The summed E-state index contributed by atoms with van der Waals surface area (Å²) in [6.07, 6.45) is 1.66. The topological polar surface area (TPSA) is 117 Å². The highest BCUT2D eigenvalue weighted by molar-refractivity contribution is 5.99. The smallest absolute Gasteiger partial charge is 0.270 e. The third kappa shape index (κ3) is 3.09. The summed E-state index contributed by atoms with van der Waals surface area (Å²) in [5, 5.41) is 11.7. The molecule has 3 N–H and O–H groups in total. The lowest BCUT2D eigenvalue weighted by Crippen LogP contribution is -2.44. The van der Waals surface area contributed by atoms with Gasteiger partial charge in [0.15, 0.2) is 0 Å². The van der Waals surface area contributed by atoms with Crippen LogP contribution < -0.4 is 10.6 Å². The van der Waals surface area contributed by atoms with Gasteiger partial charge >= 0.3 is 0 Å². The van der Waals surface area contributed by atoms with Gasteiger partial charge in [0.1, 0.15) is 5.82 Å². The van der Waals surface area contributed by atoms with E-state index in [-0.39, 0.29) is 5.69 Å². The average Bonchev–Trinajstić information content (AvgIpc) is 3.17. The second kappa shape index (κ2) is 6.96. The van der Waals surface area contributed by atoms with Crippen LogP contribution in [0.1, 0.15) is 0 Å². The highest BCUT2D eigenvalue weighted by atomic mass is 16.6. The number of nitro groups is 1. The average molecular weight is 403 g/mol. The molecule has 9 nitrogen and oxygen atoms in total. The van der Waals surface area contributed by atoms with E-state index in [1.165, 1.54) is 12.1 Å². The van der Waals surface area contributed by atoms with Crippen LogP contribution >= 0.6 is 0 Å². The summed E-state index contributed by atoms with van der Waals surface area (Å²) < 4.78 is 0. The SMILES string of the molecule is CN1CCN(c2ccc3nc(-c4cnc5ccc([N+](=O)[O-])cc5c4N)[nH]c3c2)CC1. The summed E-state index contributed by atoms with van der Waals surface area (Å²) in [6, 6.07) is 10.7. The number of non-ortho nitro benzene ring substituents is 1. The van der Waals surface area contributed by atoms with Crippen molar-refractivity contribution >= 4 is 39.0 Å². The van der Waals surface area contributed by atoms with Gasteiger partial charge in [0.2, 0.25) is 0 Å². The molecule has 0 bridgehead atoms. The summed E-state index contributed by atoms with van der Waals surface area (Å²) in [4.78, 5) is 27.8. The number of aromatic amines is 1. The molecule has 3 heterocycles. The highest BCUT2D eigenvalue weighted by Gasteiger charge is 2.17. The Bertz CT molecular complexity index is 1280. The summed E-state index contributed by atoms with van der Waals surface area (Å²) in [7, 11) is 2.14. The van der Waals surface area contributed by atoms with Crippen LogP contribution in [0, 0.1) is 10.1 Å². The molecule has 2 aromatic carbocycles. The number of benzene rings is 2. The van der Waals surface area contributed by atoms with Gasteiger partial charge in [-0.05, 0) is 31.3 Å². The van der Waals surface area contributed by atoms with E-state index in [0.29, 0.717) is 28.0 Å². The Morgan fingerprint density at radius 1 is 1.10 bits per heavy atom. The van der Waals surface area contributed by atoms with E-state index in [2.05, 4.69) is 43.9 Å². The lowest BCUT2D eigenvalue weighted by Gasteiger charge is -2.34. The number of anilines is 2. The lowest BCUT2D eigenvalue weighted by molar-refractivity contribution is -0.384. The summed E-state index contributed by atoms with van der Waals surface area (Å²) in [6.45, 7) is 4.06. The minimum Gasteiger partial charge on any atom is -0.398 e. The van der Waals surface area contributed by atoms with Crippen molar-refractivity contribution < 1.29 is 4.92 Å². The molecule has 30 heavy (non-hydrogen) atoms. The fraction of sp³-hybridized carbons (Fsp3) is 0.238. The van der Waals surface area contributed by atoms with Gasteiger partial charge in [-0.3, -0.25) is 15.1 Å². The van der Waals surface area contributed by atoms with Crippen molar-refractivity contribution in [2.45, 2.75) is 0 Å². The molecule has 152 valence electrons. The van der Waals surface area contributed by atoms with Crippen LogP contribution in [0.2, 0.25) is 0 Å². The van der Waals surface area contributed by atoms with E-state index in [4.69, 9.17) is 5.73 Å². The lowest BCUT2D eigenvalue weighted by atomic mass is 10.1. The Kier molecular flexibility index (Phi) is 4.25. The Labute approximate surface area is 172 Å². The number of hydrogen-bond donors (Lipinski definition) is 2. The second-order valence-corrected chi connectivity index (χ2v) is 7.62. The molecule has 9 heteroatoms. The molecule has 5 rings (SSSR count). The summed E-state index contributed by atoms with van der Waals surface area (Å²) in [5.74, 6) is 0.596. The second-order valence-electron chi connectivity index (χ2n) is 7.62. The number of nitrogen functional groups attached to an aromatic ring is 1. The number of nitro benzene ring substituents is 1. The molecular formula is C21H21N7O2. The zero-order valence-electron chi connectivity index (χ0n) is 16.5. The van der Waals surface area contributed by atoms with Crippen molar-refractivity contribution in [1.82, 2.24) is 19.9 Å². The number of nitrogens with zero attached hydrogens (tertiary/aromatic N) is 5. The first-order chi connectivity index (χ1) is 14.5. The Hall–Kier alpha value is -3.72. The number of fused-ring (bicyclic) bond motifs is 2. The number of imidazole rings is 1. The van der Waals surface area contributed by atoms with Crippen LogP contribution in [0.4, 0.5) is 17.1 Å². The number of hydrogen-bond acceptors (Lipinski definition) is 7. The van der Waals surface area contributed by atoms with Gasteiger partial charge in [0.25, 0.3) is 5.69 Å². The Morgan fingerprint density at radius 2 is 1.87 bits per heavy atom. The number of H-pyrrole nitrogens is 1. The predicted molar refractivity (Wildman–Crippen MR) is 118 cm³/mol. The zero-order valence-corrected chi connectivity index (χ0v) is 16.5. The van der Waals surface area contributed by atoms with Crippen molar-refractivity contribution in [2.24, 2.45) is 0 Å². The first kappa shape index (κ1) is 18.3. The largest absolute Gasteiger partial charge is 0.398 e. The van der Waals surface area contributed by atoms with E-state index in [9.17, 15) is 10.1 Å². The molecule has 0 amide bonds. The van der Waals surface area contributed by atoms with E-state index in [0.717, 1.165) is 42.9 Å². The number of nitrogens with one attached hydrogen (secondary N) is 1. The molecule has 1 aliphatic heterocycles. The minimum absolute atomic E-state index is 0.0189. The Morgan fingerprint density at radius 3 is 2.63 bits per heavy atom. The summed E-state index contributed by atoms with van der Waals surface area (Å²) >= 11 is 0. The fourth-order valence-electron chi connectivity index (χ4n) is 3.89. The third-order valence-electron chi connectivity index (χ3n) is 5.69. The molecule has 1 aliphatic rings. The Balaban J connectivity index is 1.55. The van der Waals surface area contributed by atoms with E-state index in [1.807, 2.05) is 6.07 Å². The normalized spacial score (nSPS) is 15.2. The minimum atomic E-state index is -0.438. The van der Waals surface area contributed by atoms with Crippen LogP contribution in [-0.2, 0) is 0 Å². The van der Waals surface area contributed by atoms with Gasteiger partial charge in [-0.1, -0.05) is 0 Å². The quantitative estimate of drug-likeness (QED) is 0.399. The number of pyridine rings is 1.